The quantitative estimate of drug-likeness (QED) is 0.868. The summed E-state index contributed by atoms with van der Waals surface area (Å²) >= 11 is 0. The van der Waals surface area contributed by atoms with E-state index < -0.39 is 0 Å². The zero-order valence-corrected chi connectivity index (χ0v) is 14.1. The van der Waals surface area contributed by atoms with Gasteiger partial charge in [-0.25, -0.2) is 9.97 Å². The fraction of sp³-hybridized carbons (Fsp3) is 0.474. The van der Waals surface area contributed by atoms with Crippen LogP contribution in [0.2, 0.25) is 0 Å². The third-order valence-corrected chi connectivity index (χ3v) is 5.01. The van der Waals surface area contributed by atoms with Gasteiger partial charge in [-0.2, -0.15) is 0 Å². The average molecular weight is 323 g/mol. The lowest BCUT2D eigenvalue weighted by Crippen LogP contribution is -2.31. The van der Waals surface area contributed by atoms with Crippen LogP contribution in [0.25, 0.3) is 0 Å². The smallest absolute Gasteiger partial charge is 0.134 e. The lowest BCUT2D eigenvalue weighted by Gasteiger charge is -2.25. The molecule has 0 atom stereocenters. The van der Waals surface area contributed by atoms with Gasteiger partial charge >= 0.3 is 0 Å². The molecule has 1 aromatic heterocycles. The summed E-state index contributed by atoms with van der Waals surface area (Å²) in [6.45, 7) is 6.44. The molecule has 0 bridgehead atoms. The maximum Gasteiger partial charge on any atom is 0.134 e. The minimum absolute atomic E-state index is 1.01. The SMILES string of the molecule is c1ccc(N2CCCN(c3cc(N4CCCC4)ncn3)CC2)cc1. The highest BCUT2D eigenvalue weighted by atomic mass is 15.3. The Morgan fingerprint density at radius 2 is 1.21 bits per heavy atom. The molecule has 0 saturated carbocycles. The number of nitrogens with zero attached hydrogens (tertiary/aromatic N) is 5. The number of rotatable bonds is 3. The number of anilines is 3. The van der Waals surface area contributed by atoms with Gasteiger partial charge in [-0.05, 0) is 31.4 Å². The van der Waals surface area contributed by atoms with E-state index in [1.165, 1.54) is 18.5 Å². The molecule has 1 aromatic carbocycles. The summed E-state index contributed by atoms with van der Waals surface area (Å²) in [4.78, 5) is 16.3. The van der Waals surface area contributed by atoms with Gasteiger partial charge in [-0.3, -0.25) is 0 Å². The first-order valence-electron chi connectivity index (χ1n) is 9.02. The molecule has 0 radical (unpaired) electrons. The molecular formula is C19H25N5. The van der Waals surface area contributed by atoms with Crippen molar-refractivity contribution in [3.8, 4) is 0 Å². The Balaban J connectivity index is 1.46. The fourth-order valence-corrected chi connectivity index (χ4v) is 3.67. The predicted octanol–water partition coefficient (Wildman–Crippen LogP) is 2.79. The molecule has 2 aliphatic heterocycles. The van der Waals surface area contributed by atoms with Crippen LogP contribution in [0.3, 0.4) is 0 Å². The van der Waals surface area contributed by atoms with Crippen molar-refractivity contribution < 1.29 is 0 Å². The highest BCUT2D eigenvalue weighted by Gasteiger charge is 2.19. The van der Waals surface area contributed by atoms with E-state index in [-0.39, 0.29) is 0 Å². The summed E-state index contributed by atoms with van der Waals surface area (Å²) in [6, 6.07) is 12.9. The van der Waals surface area contributed by atoms with E-state index in [2.05, 4.69) is 61.1 Å². The molecule has 24 heavy (non-hydrogen) atoms. The van der Waals surface area contributed by atoms with Gasteiger partial charge in [0.2, 0.25) is 0 Å². The number of hydrogen-bond acceptors (Lipinski definition) is 5. The van der Waals surface area contributed by atoms with Crippen molar-refractivity contribution in [3.05, 3.63) is 42.7 Å². The molecule has 4 rings (SSSR count). The zero-order chi connectivity index (χ0) is 16.2. The van der Waals surface area contributed by atoms with Crippen molar-refractivity contribution in [1.29, 1.82) is 0 Å². The summed E-state index contributed by atoms with van der Waals surface area (Å²) in [5, 5.41) is 0. The topological polar surface area (TPSA) is 35.5 Å². The summed E-state index contributed by atoms with van der Waals surface area (Å²) in [5.41, 5.74) is 1.32. The Morgan fingerprint density at radius 3 is 1.96 bits per heavy atom. The molecule has 0 N–H and O–H groups in total. The minimum Gasteiger partial charge on any atom is -0.370 e. The second-order valence-corrected chi connectivity index (χ2v) is 6.59. The van der Waals surface area contributed by atoms with Crippen molar-refractivity contribution in [2.75, 3.05) is 54.0 Å². The van der Waals surface area contributed by atoms with Crippen LogP contribution in [0.15, 0.2) is 42.7 Å². The normalized spacial score (nSPS) is 18.8. The fourth-order valence-electron chi connectivity index (χ4n) is 3.67. The van der Waals surface area contributed by atoms with E-state index in [0.717, 1.165) is 57.3 Å². The molecule has 2 aromatic rings. The van der Waals surface area contributed by atoms with Crippen molar-refractivity contribution in [2.45, 2.75) is 19.3 Å². The Kier molecular flexibility index (Phi) is 4.49. The zero-order valence-electron chi connectivity index (χ0n) is 14.1. The first-order valence-corrected chi connectivity index (χ1v) is 9.02. The second kappa shape index (κ2) is 7.07. The summed E-state index contributed by atoms with van der Waals surface area (Å²) in [5.74, 6) is 2.16. The van der Waals surface area contributed by atoms with E-state index in [0.29, 0.717) is 0 Å². The highest BCUT2D eigenvalue weighted by Crippen LogP contribution is 2.23. The number of benzene rings is 1. The largest absolute Gasteiger partial charge is 0.370 e. The van der Waals surface area contributed by atoms with Crippen LogP contribution >= 0.6 is 0 Å². The van der Waals surface area contributed by atoms with Gasteiger partial charge in [0.1, 0.15) is 18.0 Å². The van der Waals surface area contributed by atoms with Crippen LogP contribution in [-0.2, 0) is 0 Å². The van der Waals surface area contributed by atoms with E-state index in [4.69, 9.17) is 0 Å². The molecule has 5 nitrogen and oxygen atoms in total. The van der Waals surface area contributed by atoms with E-state index in [1.807, 2.05) is 0 Å². The average Bonchev–Trinajstić information content (AvgIpc) is 3.07. The molecule has 0 unspecified atom stereocenters. The molecule has 0 amide bonds. The van der Waals surface area contributed by atoms with Gasteiger partial charge in [0.25, 0.3) is 0 Å². The molecule has 3 heterocycles. The van der Waals surface area contributed by atoms with Crippen molar-refractivity contribution in [2.24, 2.45) is 0 Å². The highest BCUT2D eigenvalue weighted by molar-refractivity contribution is 5.52. The Hall–Kier alpha value is -2.30. The minimum atomic E-state index is 1.01. The molecule has 2 fully saturated rings. The van der Waals surface area contributed by atoms with Crippen LogP contribution in [0.5, 0.6) is 0 Å². The predicted molar refractivity (Wildman–Crippen MR) is 99.0 cm³/mol. The molecule has 0 spiro atoms. The van der Waals surface area contributed by atoms with Gasteiger partial charge < -0.3 is 14.7 Å². The van der Waals surface area contributed by atoms with Gasteiger partial charge in [0.05, 0.1) is 0 Å². The number of hydrogen-bond donors (Lipinski definition) is 0. The van der Waals surface area contributed by atoms with Gasteiger partial charge in [-0.15, -0.1) is 0 Å². The Labute approximate surface area is 143 Å². The van der Waals surface area contributed by atoms with Crippen LogP contribution in [0.4, 0.5) is 17.3 Å². The number of para-hydroxylation sites is 1. The maximum atomic E-state index is 4.54. The molecule has 2 aliphatic rings. The second-order valence-electron chi connectivity index (χ2n) is 6.59. The third kappa shape index (κ3) is 3.30. The lowest BCUT2D eigenvalue weighted by molar-refractivity contribution is 0.793. The van der Waals surface area contributed by atoms with Crippen molar-refractivity contribution in [1.82, 2.24) is 9.97 Å². The molecular weight excluding hydrogens is 298 g/mol. The van der Waals surface area contributed by atoms with Crippen molar-refractivity contribution in [3.63, 3.8) is 0 Å². The molecule has 5 heteroatoms. The monoisotopic (exact) mass is 323 g/mol. The van der Waals surface area contributed by atoms with Crippen molar-refractivity contribution >= 4 is 17.3 Å². The lowest BCUT2D eigenvalue weighted by atomic mass is 10.3. The van der Waals surface area contributed by atoms with E-state index >= 15 is 0 Å². The van der Waals surface area contributed by atoms with E-state index in [1.54, 1.807) is 6.33 Å². The van der Waals surface area contributed by atoms with Crippen LogP contribution in [-0.4, -0.2) is 49.2 Å². The molecule has 2 saturated heterocycles. The number of aromatic nitrogens is 2. The summed E-state index contributed by atoms with van der Waals surface area (Å²) < 4.78 is 0. The Morgan fingerprint density at radius 1 is 0.625 bits per heavy atom. The van der Waals surface area contributed by atoms with E-state index in [9.17, 15) is 0 Å². The van der Waals surface area contributed by atoms with Crippen LogP contribution < -0.4 is 14.7 Å². The van der Waals surface area contributed by atoms with Gasteiger partial charge in [0.15, 0.2) is 0 Å². The summed E-state index contributed by atoms with van der Waals surface area (Å²) in [7, 11) is 0. The first-order chi connectivity index (χ1) is 11.9. The molecule has 126 valence electrons. The standard InChI is InChI=1S/C19H25N5/c1-2-7-17(8-3-1)22-11-6-12-24(14-13-22)19-15-18(20-16-21-19)23-9-4-5-10-23/h1-3,7-8,15-16H,4-6,9-14H2. The van der Waals surface area contributed by atoms with Gasteiger partial charge in [0, 0.05) is 51.0 Å². The first kappa shape index (κ1) is 15.2. The van der Waals surface area contributed by atoms with Crippen LogP contribution in [0.1, 0.15) is 19.3 Å². The maximum absolute atomic E-state index is 4.54. The molecule has 0 aliphatic carbocycles. The van der Waals surface area contributed by atoms with Crippen LogP contribution in [0, 0.1) is 0 Å². The summed E-state index contributed by atoms with van der Waals surface area (Å²) in [6.07, 6.45) is 5.42. The third-order valence-electron chi connectivity index (χ3n) is 5.01. The Bertz CT molecular complexity index is 654. The van der Waals surface area contributed by atoms with Gasteiger partial charge in [-0.1, -0.05) is 18.2 Å².